The second-order valence-electron chi connectivity index (χ2n) is 5.31. The largest absolute Gasteiger partial charge is 0.366 e. The summed E-state index contributed by atoms with van der Waals surface area (Å²) in [7, 11) is 0. The lowest BCUT2D eigenvalue weighted by molar-refractivity contribution is 0.100. The normalized spacial score (nSPS) is 10.6. The number of halogens is 1. The fourth-order valence-electron chi connectivity index (χ4n) is 2.02. The molecule has 8 heteroatoms. The summed E-state index contributed by atoms with van der Waals surface area (Å²) >= 11 is 9.19. The van der Waals surface area contributed by atoms with Gasteiger partial charge in [0.2, 0.25) is 11.0 Å². The van der Waals surface area contributed by atoms with Gasteiger partial charge in [0.15, 0.2) is 4.34 Å². The minimum Gasteiger partial charge on any atom is -0.366 e. The highest BCUT2D eigenvalue weighted by Gasteiger charge is 2.07. The molecule has 3 N–H and O–H groups in total. The molecule has 0 fully saturated rings. The van der Waals surface area contributed by atoms with Crippen molar-refractivity contribution < 1.29 is 4.79 Å². The van der Waals surface area contributed by atoms with Crippen molar-refractivity contribution in [1.82, 2.24) is 10.2 Å². The van der Waals surface area contributed by atoms with E-state index < -0.39 is 5.91 Å². The molecule has 25 heavy (non-hydrogen) atoms. The van der Waals surface area contributed by atoms with Crippen LogP contribution in [0.5, 0.6) is 0 Å². The Morgan fingerprint density at radius 2 is 2.00 bits per heavy atom. The Hall–Kier alpha value is -2.09. The number of aromatic nitrogens is 2. The molecule has 1 amide bonds. The molecule has 0 saturated carbocycles. The Balaban J connectivity index is 1.59. The molecule has 3 rings (SSSR count). The predicted octanol–water partition coefficient (Wildman–Crippen LogP) is 4.63. The predicted molar refractivity (Wildman–Crippen MR) is 104 cm³/mol. The van der Waals surface area contributed by atoms with Gasteiger partial charge >= 0.3 is 0 Å². The van der Waals surface area contributed by atoms with Crippen molar-refractivity contribution in [3.8, 4) is 0 Å². The summed E-state index contributed by atoms with van der Waals surface area (Å²) in [5, 5.41) is 13.0. The van der Waals surface area contributed by atoms with E-state index in [4.69, 9.17) is 17.3 Å². The molecule has 0 saturated heterocycles. The Labute approximate surface area is 158 Å². The van der Waals surface area contributed by atoms with Crippen LogP contribution in [0.15, 0.2) is 46.8 Å². The highest BCUT2D eigenvalue weighted by molar-refractivity contribution is 8.00. The van der Waals surface area contributed by atoms with Crippen molar-refractivity contribution >= 4 is 51.4 Å². The topological polar surface area (TPSA) is 80.9 Å². The summed E-state index contributed by atoms with van der Waals surface area (Å²) in [5.74, 6) is 0.319. The summed E-state index contributed by atoms with van der Waals surface area (Å²) < 4.78 is 0.861. The number of carbonyl (C=O) groups excluding carboxylic acids is 1. The van der Waals surface area contributed by atoms with Gasteiger partial charge in [0.25, 0.3) is 0 Å². The molecule has 0 radical (unpaired) electrons. The van der Waals surface area contributed by atoms with E-state index >= 15 is 0 Å². The van der Waals surface area contributed by atoms with Crippen LogP contribution in [0.25, 0.3) is 0 Å². The van der Waals surface area contributed by atoms with Crippen LogP contribution in [0.2, 0.25) is 5.02 Å². The van der Waals surface area contributed by atoms with Crippen LogP contribution in [-0.2, 0) is 5.75 Å². The van der Waals surface area contributed by atoms with Gasteiger partial charge in [0.1, 0.15) is 0 Å². The molecule has 1 heterocycles. The highest BCUT2D eigenvalue weighted by Crippen LogP contribution is 2.30. The first-order valence-electron chi connectivity index (χ1n) is 7.39. The third kappa shape index (κ3) is 4.72. The Kier molecular flexibility index (Phi) is 5.57. The zero-order valence-corrected chi connectivity index (χ0v) is 15.7. The average molecular weight is 391 g/mol. The number of benzene rings is 2. The summed E-state index contributed by atoms with van der Waals surface area (Å²) in [6.07, 6.45) is 0. The number of aryl methyl sites for hydroxylation is 1. The molecular weight excluding hydrogens is 376 g/mol. The molecule has 0 atom stereocenters. The van der Waals surface area contributed by atoms with Crippen molar-refractivity contribution in [2.45, 2.75) is 17.0 Å². The van der Waals surface area contributed by atoms with Gasteiger partial charge in [0, 0.05) is 22.0 Å². The van der Waals surface area contributed by atoms with Crippen LogP contribution in [0.1, 0.15) is 21.5 Å². The van der Waals surface area contributed by atoms with Gasteiger partial charge in [-0.1, -0.05) is 52.9 Å². The first-order chi connectivity index (χ1) is 12.0. The van der Waals surface area contributed by atoms with Gasteiger partial charge in [-0.3, -0.25) is 4.79 Å². The summed E-state index contributed by atoms with van der Waals surface area (Å²) in [5.41, 5.74) is 8.74. The van der Waals surface area contributed by atoms with E-state index in [1.54, 1.807) is 23.9 Å². The third-order valence-corrected chi connectivity index (χ3v) is 5.88. The van der Waals surface area contributed by atoms with E-state index in [0.717, 1.165) is 26.9 Å². The summed E-state index contributed by atoms with van der Waals surface area (Å²) in [4.78, 5) is 11.1. The molecule has 2 aromatic carbocycles. The number of thioether (sulfide) groups is 1. The maximum absolute atomic E-state index is 11.1. The lowest BCUT2D eigenvalue weighted by atomic mass is 10.1. The van der Waals surface area contributed by atoms with Crippen molar-refractivity contribution in [2.75, 3.05) is 5.32 Å². The van der Waals surface area contributed by atoms with E-state index in [2.05, 4.69) is 15.5 Å². The van der Waals surface area contributed by atoms with Gasteiger partial charge in [-0.25, -0.2) is 0 Å². The number of amides is 1. The van der Waals surface area contributed by atoms with Crippen molar-refractivity contribution in [3.63, 3.8) is 0 Å². The molecule has 3 aromatic rings. The minimum absolute atomic E-state index is 0.421. The Morgan fingerprint density at radius 3 is 2.68 bits per heavy atom. The lowest BCUT2D eigenvalue weighted by Gasteiger charge is -2.03. The molecule has 0 spiro atoms. The third-order valence-electron chi connectivity index (χ3n) is 3.43. The fraction of sp³-hybridized carbons (Fsp3) is 0.118. The number of hydrogen-bond donors (Lipinski definition) is 2. The number of rotatable bonds is 6. The Morgan fingerprint density at radius 1 is 1.24 bits per heavy atom. The van der Waals surface area contributed by atoms with Crippen molar-refractivity contribution in [3.05, 3.63) is 64.2 Å². The number of primary amides is 1. The molecule has 0 aliphatic rings. The maximum atomic E-state index is 11.1. The molecule has 128 valence electrons. The fourth-order valence-corrected chi connectivity index (χ4v) is 3.93. The number of nitrogens with two attached hydrogens (primary N) is 1. The van der Waals surface area contributed by atoms with Crippen molar-refractivity contribution in [1.29, 1.82) is 0 Å². The monoisotopic (exact) mass is 390 g/mol. The minimum atomic E-state index is -0.421. The van der Waals surface area contributed by atoms with Crippen LogP contribution in [0.3, 0.4) is 0 Å². The van der Waals surface area contributed by atoms with Crippen LogP contribution >= 0.6 is 34.7 Å². The van der Waals surface area contributed by atoms with E-state index in [-0.39, 0.29) is 0 Å². The van der Waals surface area contributed by atoms with Crippen LogP contribution < -0.4 is 11.1 Å². The van der Waals surface area contributed by atoms with Crippen molar-refractivity contribution in [2.24, 2.45) is 5.73 Å². The molecule has 0 aliphatic heterocycles. The van der Waals surface area contributed by atoms with E-state index in [0.29, 0.717) is 15.7 Å². The standard InChI is InChI=1S/C17H15ClN4OS2/c1-10-2-7-13(8-14(10)18)20-16-21-22-17(25-16)24-9-11-3-5-12(6-4-11)15(19)23/h2-8H,9H2,1H3,(H2,19,23)(H,20,21). The quantitative estimate of drug-likeness (QED) is 0.599. The van der Waals surface area contributed by atoms with Gasteiger partial charge in [-0.2, -0.15) is 0 Å². The second kappa shape index (κ2) is 7.86. The number of anilines is 2. The maximum Gasteiger partial charge on any atom is 0.248 e. The zero-order chi connectivity index (χ0) is 17.8. The number of carbonyl (C=O) groups is 1. The van der Waals surface area contributed by atoms with E-state index in [1.807, 2.05) is 37.3 Å². The van der Waals surface area contributed by atoms with E-state index in [1.165, 1.54) is 11.3 Å². The molecule has 5 nitrogen and oxygen atoms in total. The van der Waals surface area contributed by atoms with Gasteiger partial charge in [-0.15, -0.1) is 10.2 Å². The van der Waals surface area contributed by atoms with E-state index in [9.17, 15) is 4.79 Å². The molecule has 1 aromatic heterocycles. The van der Waals surface area contributed by atoms with Gasteiger partial charge < -0.3 is 11.1 Å². The van der Waals surface area contributed by atoms with Gasteiger partial charge in [-0.05, 0) is 42.3 Å². The molecular formula is C17H15ClN4OS2. The van der Waals surface area contributed by atoms with Crippen LogP contribution in [0, 0.1) is 6.92 Å². The Bertz CT molecular complexity index is 896. The number of hydrogen-bond acceptors (Lipinski definition) is 6. The number of nitrogens with one attached hydrogen (secondary N) is 1. The molecule has 0 bridgehead atoms. The summed E-state index contributed by atoms with van der Waals surface area (Å²) in [6.45, 7) is 1.96. The zero-order valence-electron chi connectivity index (χ0n) is 13.3. The average Bonchev–Trinajstić information content (AvgIpc) is 3.04. The SMILES string of the molecule is Cc1ccc(Nc2nnc(SCc3ccc(C(N)=O)cc3)s2)cc1Cl. The smallest absolute Gasteiger partial charge is 0.248 e. The van der Waals surface area contributed by atoms with Gasteiger partial charge in [0.05, 0.1) is 0 Å². The molecule has 0 aliphatic carbocycles. The summed E-state index contributed by atoms with van der Waals surface area (Å²) in [6, 6.07) is 13.0. The first kappa shape index (κ1) is 17.7. The van der Waals surface area contributed by atoms with Crippen LogP contribution in [0.4, 0.5) is 10.8 Å². The lowest BCUT2D eigenvalue weighted by Crippen LogP contribution is -2.10. The number of nitrogens with zero attached hydrogens (tertiary/aromatic N) is 2. The van der Waals surface area contributed by atoms with Crippen LogP contribution in [-0.4, -0.2) is 16.1 Å². The second-order valence-corrected chi connectivity index (χ2v) is 7.92. The molecule has 0 unspecified atom stereocenters. The first-order valence-corrected chi connectivity index (χ1v) is 9.57. The highest BCUT2D eigenvalue weighted by atomic mass is 35.5.